The smallest absolute Gasteiger partial charge is 0.256 e. The fourth-order valence-electron chi connectivity index (χ4n) is 3.78. The fourth-order valence-corrected chi connectivity index (χ4v) is 3.89. The average molecular weight is 488 g/mol. The molecule has 3 heterocycles. The molecule has 1 aliphatic rings. The Hall–Kier alpha value is -2.89. The molecule has 0 bridgehead atoms. The highest BCUT2D eigenvalue weighted by molar-refractivity contribution is 6.30. The van der Waals surface area contributed by atoms with Gasteiger partial charge in [-0.3, -0.25) is 4.98 Å². The fraction of sp³-hybridized carbons (Fsp3) is 0.391. The number of nitrogens with zero attached hydrogens (tertiary/aromatic N) is 5. The van der Waals surface area contributed by atoms with Crippen molar-refractivity contribution in [1.29, 1.82) is 0 Å². The number of rotatable bonds is 8. The van der Waals surface area contributed by atoms with Gasteiger partial charge in [0.1, 0.15) is 24.2 Å². The zero-order chi connectivity index (χ0) is 24.1. The number of benzene rings is 1. The van der Waals surface area contributed by atoms with Crippen molar-refractivity contribution in [3.63, 3.8) is 0 Å². The van der Waals surface area contributed by atoms with Crippen LogP contribution in [0, 0.1) is 0 Å². The van der Waals surface area contributed by atoms with Crippen LogP contribution in [0.5, 0.6) is 0 Å². The first-order chi connectivity index (χ1) is 16.5. The maximum absolute atomic E-state index is 5.89. The molecule has 0 unspecified atom stereocenters. The lowest BCUT2D eigenvalue weighted by molar-refractivity contribution is -0.305. The zero-order valence-electron chi connectivity index (χ0n) is 19.2. The lowest BCUT2D eigenvalue weighted by atomic mass is 9.99. The first-order valence-corrected chi connectivity index (χ1v) is 11.0. The van der Waals surface area contributed by atoms with E-state index >= 15 is 0 Å². The van der Waals surface area contributed by atoms with Gasteiger partial charge < -0.3 is 23.8 Å². The number of hydrogen-bond donors (Lipinski definition) is 0. The van der Waals surface area contributed by atoms with E-state index in [1.807, 2.05) is 31.2 Å². The molecular weight excluding hydrogens is 462 g/mol. The van der Waals surface area contributed by atoms with Crippen molar-refractivity contribution in [2.24, 2.45) is 5.16 Å². The SMILES string of the molecule is CO[C@@H]1[C@@H](OC)[C@H](C)O[C@@H](O/N=C/c2ccc(-n3cnc(-c4ccc(Cl)cn4)n3)cc2)[C@@H]1OC. The Morgan fingerprint density at radius 2 is 1.71 bits per heavy atom. The van der Waals surface area contributed by atoms with Crippen molar-refractivity contribution < 1.29 is 23.8 Å². The third-order valence-corrected chi connectivity index (χ3v) is 5.74. The Balaban J connectivity index is 1.40. The molecule has 4 rings (SSSR count). The van der Waals surface area contributed by atoms with Gasteiger partial charge in [-0.15, -0.1) is 5.10 Å². The number of halogens is 1. The molecule has 1 fully saturated rings. The van der Waals surface area contributed by atoms with Crippen molar-refractivity contribution in [3.05, 3.63) is 59.5 Å². The Morgan fingerprint density at radius 1 is 0.971 bits per heavy atom. The molecule has 11 heteroatoms. The van der Waals surface area contributed by atoms with Gasteiger partial charge >= 0.3 is 0 Å². The summed E-state index contributed by atoms with van der Waals surface area (Å²) in [4.78, 5) is 14.2. The lowest BCUT2D eigenvalue weighted by Gasteiger charge is -2.42. The van der Waals surface area contributed by atoms with Gasteiger partial charge in [0, 0.05) is 27.5 Å². The predicted octanol–water partition coefficient (Wildman–Crippen LogP) is 3.12. The van der Waals surface area contributed by atoms with E-state index in [0.717, 1.165) is 11.3 Å². The normalized spacial score (nSPS) is 25.0. The van der Waals surface area contributed by atoms with E-state index in [9.17, 15) is 0 Å². The highest BCUT2D eigenvalue weighted by Crippen LogP contribution is 2.27. The molecule has 1 aliphatic heterocycles. The van der Waals surface area contributed by atoms with E-state index < -0.39 is 12.4 Å². The first-order valence-electron chi connectivity index (χ1n) is 10.6. The Bertz CT molecular complexity index is 1090. The van der Waals surface area contributed by atoms with Gasteiger partial charge in [0.05, 0.1) is 23.0 Å². The van der Waals surface area contributed by atoms with Crippen LogP contribution in [0.4, 0.5) is 0 Å². The minimum absolute atomic E-state index is 0.253. The van der Waals surface area contributed by atoms with Crippen LogP contribution in [0.1, 0.15) is 12.5 Å². The number of methoxy groups -OCH3 is 3. The molecule has 0 saturated carbocycles. The van der Waals surface area contributed by atoms with Crippen molar-refractivity contribution in [2.75, 3.05) is 21.3 Å². The molecule has 1 saturated heterocycles. The summed E-state index contributed by atoms with van der Waals surface area (Å²) in [7, 11) is 4.79. The van der Waals surface area contributed by atoms with Crippen LogP contribution in [0.25, 0.3) is 17.2 Å². The largest absolute Gasteiger partial charge is 0.376 e. The molecule has 5 atom stereocenters. The van der Waals surface area contributed by atoms with Crippen LogP contribution >= 0.6 is 11.6 Å². The van der Waals surface area contributed by atoms with E-state index in [4.69, 9.17) is 35.4 Å². The number of hydrogen-bond acceptors (Lipinski definition) is 9. The highest BCUT2D eigenvalue weighted by Gasteiger charge is 2.46. The van der Waals surface area contributed by atoms with E-state index in [1.54, 1.807) is 56.9 Å². The topological polar surface area (TPSA) is 102 Å². The van der Waals surface area contributed by atoms with E-state index in [2.05, 4.69) is 20.2 Å². The van der Waals surface area contributed by atoms with Crippen LogP contribution in [0.3, 0.4) is 0 Å². The van der Waals surface area contributed by atoms with Crippen molar-refractivity contribution in [3.8, 4) is 17.2 Å². The standard InChI is InChI=1S/C23H26ClN5O5/c1-14-19(30-2)20(31-3)21(32-4)23(33-14)34-27-11-15-5-8-17(9-6-15)29-13-26-22(28-29)18-10-7-16(24)12-25-18/h5-14,19-21,23H,1-4H3/b27-11+/t14-,19-,20+,21+,23-/m0/s1. The zero-order valence-corrected chi connectivity index (χ0v) is 20.0. The monoisotopic (exact) mass is 487 g/mol. The van der Waals surface area contributed by atoms with Crippen molar-refractivity contribution in [1.82, 2.24) is 19.7 Å². The lowest BCUT2D eigenvalue weighted by Crippen LogP contribution is -2.59. The van der Waals surface area contributed by atoms with Gasteiger partial charge in [-0.1, -0.05) is 28.9 Å². The van der Waals surface area contributed by atoms with Gasteiger partial charge in [-0.25, -0.2) is 9.67 Å². The Morgan fingerprint density at radius 3 is 2.35 bits per heavy atom. The second-order valence-electron chi connectivity index (χ2n) is 7.62. The van der Waals surface area contributed by atoms with Gasteiger partial charge in [-0.2, -0.15) is 0 Å². The molecule has 10 nitrogen and oxygen atoms in total. The van der Waals surface area contributed by atoms with Crippen LogP contribution in [0.2, 0.25) is 5.02 Å². The van der Waals surface area contributed by atoms with Crippen LogP contribution in [0.15, 0.2) is 54.1 Å². The molecule has 2 aromatic heterocycles. The Kier molecular flexibility index (Phi) is 7.86. The molecule has 0 N–H and O–H groups in total. The molecule has 0 amide bonds. The summed E-state index contributed by atoms with van der Waals surface area (Å²) in [6.45, 7) is 1.89. The first kappa shape index (κ1) is 24.2. The number of aromatic nitrogens is 4. The summed E-state index contributed by atoms with van der Waals surface area (Å²) in [5.41, 5.74) is 2.31. The molecule has 3 aromatic rings. The summed E-state index contributed by atoms with van der Waals surface area (Å²) in [5, 5.41) is 9.13. The summed E-state index contributed by atoms with van der Waals surface area (Å²) in [5.74, 6) is 0.509. The van der Waals surface area contributed by atoms with Crippen LogP contribution in [-0.4, -0.2) is 78.0 Å². The minimum atomic E-state index is -0.734. The predicted molar refractivity (Wildman–Crippen MR) is 125 cm³/mol. The second-order valence-corrected chi connectivity index (χ2v) is 8.05. The molecule has 0 radical (unpaired) electrons. The van der Waals surface area contributed by atoms with Crippen molar-refractivity contribution in [2.45, 2.75) is 37.6 Å². The molecule has 180 valence electrons. The van der Waals surface area contributed by atoms with E-state index in [0.29, 0.717) is 16.5 Å². The quantitative estimate of drug-likeness (QED) is 0.353. The maximum atomic E-state index is 5.89. The van der Waals surface area contributed by atoms with Gasteiger partial charge in [-0.05, 0) is 36.8 Å². The maximum Gasteiger partial charge on any atom is 0.256 e. The van der Waals surface area contributed by atoms with E-state index in [-0.39, 0.29) is 18.3 Å². The van der Waals surface area contributed by atoms with Crippen molar-refractivity contribution >= 4 is 17.8 Å². The van der Waals surface area contributed by atoms with Gasteiger partial charge in [0.15, 0.2) is 11.9 Å². The van der Waals surface area contributed by atoms with Crippen LogP contribution < -0.4 is 0 Å². The summed E-state index contributed by atoms with van der Waals surface area (Å²) in [6.07, 6.45) is 2.67. The van der Waals surface area contributed by atoms with Crippen LogP contribution in [-0.2, 0) is 23.8 Å². The highest BCUT2D eigenvalue weighted by atomic mass is 35.5. The second kappa shape index (κ2) is 11.0. The van der Waals surface area contributed by atoms with E-state index in [1.165, 1.54) is 0 Å². The summed E-state index contributed by atoms with van der Waals surface area (Å²) < 4.78 is 24.2. The third kappa shape index (κ3) is 5.26. The Labute approximate surface area is 202 Å². The molecule has 1 aromatic carbocycles. The molecule has 0 spiro atoms. The molecule has 0 aliphatic carbocycles. The number of pyridine rings is 1. The molecule has 34 heavy (non-hydrogen) atoms. The molecular formula is C23H26ClN5O5. The number of ether oxygens (including phenoxy) is 4. The number of oxime groups is 1. The summed E-state index contributed by atoms with van der Waals surface area (Å²) >= 11 is 5.89. The minimum Gasteiger partial charge on any atom is -0.376 e. The summed E-state index contributed by atoms with van der Waals surface area (Å²) in [6, 6.07) is 11.1. The third-order valence-electron chi connectivity index (χ3n) is 5.52. The van der Waals surface area contributed by atoms with Gasteiger partial charge in [0.25, 0.3) is 6.29 Å². The van der Waals surface area contributed by atoms with Gasteiger partial charge in [0.2, 0.25) is 0 Å². The average Bonchev–Trinajstić information content (AvgIpc) is 3.35.